The molecule has 0 aliphatic rings. The Labute approximate surface area is 69.2 Å². The van der Waals surface area contributed by atoms with Gasteiger partial charge in [0.15, 0.2) is 7.37 Å². The minimum absolute atomic E-state index is 0. The van der Waals surface area contributed by atoms with Crippen molar-refractivity contribution in [3.63, 3.8) is 0 Å². The average molecular weight is 148 g/mol. The SMILES string of the molecule is CCCP(C)(=O)O.[H-].[H-].[Mg+2]. The summed E-state index contributed by atoms with van der Waals surface area (Å²) in [6.07, 6.45) is 1.25. The topological polar surface area (TPSA) is 37.3 Å². The Bertz CT molecular complexity index is 95.3. The van der Waals surface area contributed by atoms with E-state index in [0.717, 1.165) is 6.42 Å². The maximum Gasteiger partial charge on any atom is 2.00 e. The van der Waals surface area contributed by atoms with Gasteiger partial charge >= 0.3 is 23.1 Å². The molecule has 48 valence electrons. The molecule has 0 spiro atoms. The Morgan fingerprint density at radius 3 is 2.12 bits per heavy atom. The van der Waals surface area contributed by atoms with Gasteiger partial charge < -0.3 is 7.75 Å². The second kappa shape index (κ2) is 4.80. The molecule has 0 bridgehead atoms. The molecule has 0 aliphatic heterocycles. The zero-order valence-electron chi connectivity index (χ0n) is 7.42. The van der Waals surface area contributed by atoms with Crippen molar-refractivity contribution in [2.75, 3.05) is 12.8 Å². The van der Waals surface area contributed by atoms with Crippen molar-refractivity contribution >= 4 is 30.4 Å². The molecule has 0 aromatic rings. The summed E-state index contributed by atoms with van der Waals surface area (Å²) >= 11 is 0. The van der Waals surface area contributed by atoms with E-state index in [1.807, 2.05) is 6.92 Å². The summed E-state index contributed by atoms with van der Waals surface area (Å²) in [7, 11) is -2.67. The maximum atomic E-state index is 10.4. The van der Waals surface area contributed by atoms with Gasteiger partial charge in [0.25, 0.3) is 0 Å². The van der Waals surface area contributed by atoms with Crippen molar-refractivity contribution < 1.29 is 12.3 Å². The van der Waals surface area contributed by atoms with Crippen molar-refractivity contribution in [1.82, 2.24) is 0 Å². The van der Waals surface area contributed by atoms with Crippen LogP contribution in [0.5, 0.6) is 0 Å². The first-order chi connectivity index (χ1) is 3.06. The summed E-state index contributed by atoms with van der Waals surface area (Å²) in [4.78, 5) is 8.57. The Balaban J connectivity index is -0.0000000600. The molecule has 1 unspecified atom stereocenters. The molecular formula is C4H13MgO2P. The first kappa shape index (κ1) is 11.7. The molecule has 0 rings (SSSR count). The van der Waals surface area contributed by atoms with Gasteiger partial charge in [0.2, 0.25) is 0 Å². The molecular weight excluding hydrogens is 135 g/mol. The molecule has 0 saturated heterocycles. The first-order valence-electron chi connectivity index (χ1n) is 2.35. The predicted molar refractivity (Wildman–Crippen MR) is 38.9 cm³/mol. The van der Waals surface area contributed by atoms with Gasteiger partial charge in [-0.3, -0.25) is 4.57 Å². The quantitative estimate of drug-likeness (QED) is 0.471. The van der Waals surface area contributed by atoms with Gasteiger partial charge in [-0.15, -0.1) is 0 Å². The van der Waals surface area contributed by atoms with Crippen molar-refractivity contribution in [2.45, 2.75) is 13.3 Å². The van der Waals surface area contributed by atoms with Crippen LogP contribution < -0.4 is 0 Å². The number of hydrogen-bond acceptors (Lipinski definition) is 1. The van der Waals surface area contributed by atoms with Crippen LogP contribution in [-0.2, 0) is 4.57 Å². The first-order valence-corrected chi connectivity index (χ1v) is 4.65. The minimum atomic E-state index is -2.67. The van der Waals surface area contributed by atoms with E-state index in [1.54, 1.807) is 0 Å². The Morgan fingerprint density at radius 2 is 2.12 bits per heavy atom. The van der Waals surface area contributed by atoms with Crippen molar-refractivity contribution in [2.24, 2.45) is 0 Å². The summed E-state index contributed by atoms with van der Waals surface area (Å²) in [6, 6.07) is 0. The smallest absolute Gasteiger partial charge is 1.00 e. The van der Waals surface area contributed by atoms with E-state index in [0.29, 0.717) is 6.16 Å². The van der Waals surface area contributed by atoms with E-state index in [4.69, 9.17) is 4.89 Å². The van der Waals surface area contributed by atoms with E-state index >= 15 is 0 Å². The van der Waals surface area contributed by atoms with E-state index in [9.17, 15) is 4.57 Å². The fourth-order valence-corrected chi connectivity index (χ4v) is 1.24. The zero-order valence-corrected chi connectivity index (χ0v) is 7.73. The van der Waals surface area contributed by atoms with Crippen LogP contribution in [0.2, 0.25) is 0 Å². The van der Waals surface area contributed by atoms with Gasteiger partial charge in [0, 0.05) is 12.8 Å². The monoisotopic (exact) mass is 148 g/mol. The summed E-state index contributed by atoms with van der Waals surface area (Å²) in [5.74, 6) is 0. The van der Waals surface area contributed by atoms with E-state index < -0.39 is 7.37 Å². The van der Waals surface area contributed by atoms with Gasteiger partial charge in [-0.2, -0.15) is 0 Å². The average Bonchev–Trinajstić information content (AvgIpc) is 1.30. The minimum Gasteiger partial charge on any atom is -1.00 e. The summed E-state index contributed by atoms with van der Waals surface area (Å²) < 4.78 is 10.4. The molecule has 0 fully saturated rings. The van der Waals surface area contributed by atoms with Gasteiger partial charge in [0.1, 0.15) is 0 Å². The molecule has 8 heavy (non-hydrogen) atoms. The standard InChI is InChI=1S/C4H11O2P.Mg.2H/c1-3-4-7(2,5)6;;;/h3-4H2,1-2H3,(H,5,6);;;/q;+2;2*-1. The third kappa shape index (κ3) is 10.0. The van der Waals surface area contributed by atoms with Crippen LogP contribution in [0, 0.1) is 0 Å². The maximum absolute atomic E-state index is 10.4. The van der Waals surface area contributed by atoms with Crippen LogP contribution in [0.15, 0.2) is 0 Å². The summed E-state index contributed by atoms with van der Waals surface area (Å²) in [6.45, 7) is 3.28. The molecule has 0 heterocycles. The molecule has 0 radical (unpaired) electrons. The van der Waals surface area contributed by atoms with Crippen molar-refractivity contribution in [3.8, 4) is 0 Å². The van der Waals surface area contributed by atoms with Gasteiger partial charge in [-0.05, 0) is 6.42 Å². The summed E-state index contributed by atoms with van der Waals surface area (Å²) in [5.41, 5.74) is 0. The van der Waals surface area contributed by atoms with E-state index in [2.05, 4.69) is 0 Å². The molecule has 0 saturated carbocycles. The van der Waals surface area contributed by atoms with Crippen LogP contribution in [0.25, 0.3) is 0 Å². The Hall–Kier alpha value is 0.956. The molecule has 4 heteroatoms. The van der Waals surface area contributed by atoms with Crippen LogP contribution in [0.4, 0.5) is 0 Å². The van der Waals surface area contributed by atoms with Crippen LogP contribution >= 0.6 is 7.37 Å². The van der Waals surface area contributed by atoms with Crippen LogP contribution in [-0.4, -0.2) is 40.8 Å². The van der Waals surface area contributed by atoms with Crippen molar-refractivity contribution in [1.29, 1.82) is 0 Å². The van der Waals surface area contributed by atoms with Gasteiger partial charge in [0.05, 0.1) is 0 Å². The Kier molecular flexibility index (Phi) is 7.03. The zero-order chi connectivity index (χ0) is 5.91. The molecule has 1 atom stereocenters. The van der Waals surface area contributed by atoms with E-state index in [-0.39, 0.29) is 25.9 Å². The molecule has 0 aromatic carbocycles. The second-order valence-corrected chi connectivity index (χ2v) is 4.32. The molecule has 0 aliphatic carbocycles. The molecule has 0 aromatic heterocycles. The third-order valence-electron chi connectivity index (χ3n) is 0.639. The largest absolute Gasteiger partial charge is 2.00 e. The number of rotatable bonds is 2. The van der Waals surface area contributed by atoms with Crippen molar-refractivity contribution in [3.05, 3.63) is 0 Å². The molecule has 2 nitrogen and oxygen atoms in total. The fourth-order valence-electron chi connectivity index (χ4n) is 0.415. The normalized spacial score (nSPS) is 16.4. The predicted octanol–water partition coefficient (Wildman–Crippen LogP) is 1.14. The second-order valence-electron chi connectivity index (χ2n) is 1.77. The van der Waals surface area contributed by atoms with Gasteiger partial charge in [-0.25, -0.2) is 0 Å². The molecule has 0 amide bonds. The van der Waals surface area contributed by atoms with Gasteiger partial charge in [-0.1, -0.05) is 6.92 Å². The van der Waals surface area contributed by atoms with Crippen LogP contribution in [0.1, 0.15) is 16.2 Å². The Morgan fingerprint density at radius 1 is 1.75 bits per heavy atom. The fraction of sp³-hybridized carbons (Fsp3) is 1.00. The summed E-state index contributed by atoms with van der Waals surface area (Å²) in [5, 5.41) is 0. The third-order valence-corrected chi connectivity index (χ3v) is 1.92. The van der Waals surface area contributed by atoms with Crippen LogP contribution in [0.3, 0.4) is 0 Å². The van der Waals surface area contributed by atoms with E-state index in [1.165, 1.54) is 6.66 Å². The number of hydrogen-bond donors (Lipinski definition) is 1. The molecule has 1 N–H and O–H groups in total.